The van der Waals surface area contributed by atoms with E-state index in [2.05, 4.69) is 0 Å². The number of aryl methyl sites for hydroxylation is 1. The molecule has 0 aliphatic carbocycles. The number of halogens is 1. The first-order chi connectivity index (χ1) is 12.5. The van der Waals surface area contributed by atoms with E-state index in [1.807, 2.05) is 40.1 Å². The van der Waals surface area contributed by atoms with Crippen molar-refractivity contribution >= 4 is 17.4 Å². The molecule has 0 atom stereocenters. The predicted molar refractivity (Wildman–Crippen MR) is 100.0 cm³/mol. The Morgan fingerprint density at radius 2 is 1.69 bits per heavy atom. The van der Waals surface area contributed by atoms with Crippen molar-refractivity contribution < 1.29 is 14.0 Å². The van der Waals surface area contributed by atoms with Crippen molar-refractivity contribution in [3.05, 3.63) is 65.5 Å². The molecule has 0 aromatic heterocycles. The fourth-order valence-electron chi connectivity index (χ4n) is 3.23. The summed E-state index contributed by atoms with van der Waals surface area (Å²) in [5.74, 6) is -0.397. The predicted octanol–water partition coefficient (Wildman–Crippen LogP) is 3.31. The minimum absolute atomic E-state index is 0.140. The number of rotatable bonds is 5. The third-order valence-electron chi connectivity index (χ3n) is 4.80. The molecule has 1 heterocycles. The van der Waals surface area contributed by atoms with E-state index in [0.717, 1.165) is 12.0 Å². The van der Waals surface area contributed by atoms with Crippen LogP contribution in [0, 0.1) is 5.82 Å². The third-order valence-corrected chi connectivity index (χ3v) is 4.80. The molecular weight excluding hydrogens is 331 g/mol. The summed E-state index contributed by atoms with van der Waals surface area (Å²) in [6.45, 7) is 3.78. The standard InChI is InChI=1S/C21H23FN2O2/c1-16(25)18-8-9-20(19(22)15-18)23-11-13-24(14-12-23)21(26)10-7-17-5-3-2-4-6-17/h2-6,8-9,15H,7,10-14H2,1H3. The van der Waals surface area contributed by atoms with Crippen LogP contribution in [0.15, 0.2) is 48.5 Å². The van der Waals surface area contributed by atoms with Gasteiger partial charge in [-0.25, -0.2) is 4.39 Å². The topological polar surface area (TPSA) is 40.6 Å². The fourth-order valence-corrected chi connectivity index (χ4v) is 3.23. The number of carbonyl (C=O) groups is 2. The lowest BCUT2D eigenvalue weighted by atomic mass is 10.1. The second kappa shape index (κ2) is 8.13. The summed E-state index contributed by atoms with van der Waals surface area (Å²) in [6, 6.07) is 14.6. The van der Waals surface area contributed by atoms with Crippen LogP contribution >= 0.6 is 0 Å². The van der Waals surface area contributed by atoms with Crippen molar-refractivity contribution in [3.63, 3.8) is 0 Å². The lowest BCUT2D eigenvalue weighted by Crippen LogP contribution is -2.49. The number of ketones is 1. The Balaban J connectivity index is 1.54. The number of anilines is 1. The molecule has 1 fully saturated rings. The van der Waals surface area contributed by atoms with Gasteiger partial charge in [0, 0.05) is 38.2 Å². The average molecular weight is 354 g/mol. The maximum absolute atomic E-state index is 14.3. The molecule has 2 aromatic carbocycles. The smallest absolute Gasteiger partial charge is 0.223 e. The summed E-state index contributed by atoms with van der Waals surface area (Å²) in [6.07, 6.45) is 1.23. The highest BCUT2D eigenvalue weighted by Gasteiger charge is 2.22. The summed E-state index contributed by atoms with van der Waals surface area (Å²) in [7, 11) is 0. The minimum atomic E-state index is -0.387. The van der Waals surface area contributed by atoms with Crippen LogP contribution < -0.4 is 4.90 Å². The summed E-state index contributed by atoms with van der Waals surface area (Å²) < 4.78 is 14.3. The largest absolute Gasteiger partial charge is 0.366 e. The molecular formula is C21H23FN2O2. The molecule has 1 aliphatic rings. The van der Waals surface area contributed by atoms with Crippen LogP contribution in [-0.2, 0) is 11.2 Å². The van der Waals surface area contributed by atoms with Gasteiger partial charge in [-0.05, 0) is 37.1 Å². The van der Waals surface area contributed by atoms with E-state index in [4.69, 9.17) is 0 Å². The van der Waals surface area contributed by atoms with E-state index < -0.39 is 0 Å². The zero-order valence-corrected chi connectivity index (χ0v) is 15.0. The molecule has 2 aromatic rings. The number of benzene rings is 2. The Morgan fingerprint density at radius 3 is 2.31 bits per heavy atom. The van der Waals surface area contributed by atoms with E-state index in [1.165, 1.54) is 13.0 Å². The van der Waals surface area contributed by atoms with Gasteiger partial charge in [0.05, 0.1) is 5.69 Å². The Bertz CT molecular complexity index is 784. The number of Topliss-reactive ketones (excluding diaryl/α,β-unsaturated/α-hetero) is 1. The summed E-state index contributed by atoms with van der Waals surface area (Å²) in [5.41, 5.74) is 2.03. The summed E-state index contributed by atoms with van der Waals surface area (Å²) >= 11 is 0. The molecule has 1 saturated heterocycles. The minimum Gasteiger partial charge on any atom is -0.366 e. The zero-order valence-electron chi connectivity index (χ0n) is 15.0. The molecule has 26 heavy (non-hydrogen) atoms. The van der Waals surface area contributed by atoms with Gasteiger partial charge in [-0.2, -0.15) is 0 Å². The highest BCUT2D eigenvalue weighted by molar-refractivity contribution is 5.94. The van der Waals surface area contributed by atoms with Crippen LogP contribution in [-0.4, -0.2) is 42.8 Å². The molecule has 0 saturated carbocycles. The maximum Gasteiger partial charge on any atom is 0.223 e. The first kappa shape index (κ1) is 18.1. The molecule has 1 amide bonds. The normalized spacial score (nSPS) is 14.4. The van der Waals surface area contributed by atoms with Gasteiger partial charge in [-0.1, -0.05) is 30.3 Å². The van der Waals surface area contributed by atoms with Gasteiger partial charge in [0.1, 0.15) is 5.82 Å². The number of piperazine rings is 1. The van der Waals surface area contributed by atoms with Crippen molar-refractivity contribution in [1.82, 2.24) is 4.90 Å². The number of carbonyl (C=O) groups excluding carboxylic acids is 2. The zero-order chi connectivity index (χ0) is 18.5. The van der Waals surface area contributed by atoms with Crippen LogP contribution in [0.4, 0.5) is 10.1 Å². The van der Waals surface area contributed by atoms with E-state index in [0.29, 0.717) is 43.9 Å². The fraction of sp³-hybridized carbons (Fsp3) is 0.333. The van der Waals surface area contributed by atoms with Crippen molar-refractivity contribution in [1.29, 1.82) is 0 Å². The van der Waals surface area contributed by atoms with Gasteiger partial charge >= 0.3 is 0 Å². The van der Waals surface area contributed by atoms with Crippen LogP contribution in [0.1, 0.15) is 29.3 Å². The van der Waals surface area contributed by atoms with Crippen molar-refractivity contribution in [2.24, 2.45) is 0 Å². The third kappa shape index (κ3) is 4.28. The maximum atomic E-state index is 14.3. The van der Waals surface area contributed by atoms with Crippen LogP contribution in [0.25, 0.3) is 0 Å². The van der Waals surface area contributed by atoms with Gasteiger partial charge in [0.2, 0.25) is 5.91 Å². The molecule has 136 valence electrons. The molecule has 5 heteroatoms. The lowest BCUT2D eigenvalue weighted by molar-refractivity contribution is -0.131. The first-order valence-electron chi connectivity index (χ1n) is 8.92. The van der Waals surface area contributed by atoms with Gasteiger partial charge in [0.25, 0.3) is 0 Å². The van der Waals surface area contributed by atoms with Crippen molar-refractivity contribution in [2.45, 2.75) is 19.8 Å². The highest BCUT2D eigenvalue weighted by Crippen LogP contribution is 2.22. The Labute approximate surface area is 153 Å². The molecule has 4 nitrogen and oxygen atoms in total. The summed E-state index contributed by atoms with van der Waals surface area (Å²) in [5, 5.41) is 0. The highest BCUT2D eigenvalue weighted by atomic mass is 19.1. The van der Waals surface area contributed by atoms with Gasteiger partial charge in [-0.3, -0.25) is 9.59 Å². The summed E-state index contributed by atoms with van der Waals surface area (Å²) in [4.78, 5) is 27.5. The molecule has 0 spiro atoms. The van der Waals surface area contributed by atoms with E-state index in [-0.39, 0.29) is 17.5 Å². The number of amides is 1. The molecule has 0 unspecified atom stereocenters. The van der Waals surface area contributed by atoms with E-state index in [1.54, 1.807) is 12.1 Å². The SMILES string of the molecule is CC(=O)c1ccc(N2CCN(C(=O)CCc3ccccc3)CC2)c(F)c1. The van der Waals surface area contributed by atoms with Gasteiger partial charge in [-0.15, -0.1) is 0 Å². The van der Waals surface area contributed by atoms with Crippen molar-refractivity contribution in [3.8, 4) is 0 Å². The molecule has 0 radical (unpaired) electrons. The van der Waals surface area contributed by atoms with E-state index in [9.17, 15) is 14.0 Å². The van der Waals surface area contributed by atoms with E-state index >= 15 is 0 Å². The number of hydrogen-bond acceptors (Lipinski definition) is 3. The molecule has 1 aliphatic heterocycles. The second-order valence-electron chi connectivity index (χ2n) is 6.58. The Morgan fingerprint density at radius 1 is 1.00 bits per heavy atom. The average Bonchev–Trinajstić information content (AvgIpc) is 2.67. The molecule has 3 rings (SSSR count). The molecule has 0 N–H and O–H groups in total. The molecule has 0 bridgehead atoms. The van der Waals surface area contributed by atoms with Crippen LogP contribution in [0.5, 0.6) is 0 Å². The van der Waals surface area contributed by atoms with Crippen LogP contribution in [0.3, 0.4) is 0 Å². The Hall–Kier alpha value is -2.69. The van der Waals surface area contributed by atoms with Gasteiger partial charge in [0.15, 0.2) is 5.78 Å². The van der Waals surface area contributed by atoms with Crippen molar-refractivity contribution in [2.75, 3.05) is 31.1 Å². The van der Waals surface area contributed by atoms with Crippen LogP contribution in [0.2, 0.25) is 0 Å². The monoisotopic (exact) mass is 354 g/mol. The number of nitrogens with zero attached hydrogens (tertiary/aromatic N) is 2. The van der Waals surface area contributed by atoms with Gasteiger partial charge < -0.3 is 9.80 Å². The quantitative estimate of drug-likeness (QED) is 0.774. The second-order valence-corrected chi connectivity index (χ2v) is 6.58. The first-order valence-corrected chi connectivity index (χ1v) is 8.92. The lowest BCUT2D eigenvalue weighted by Gasteiger charge is -2.36. The Kier molecular flexibility index (Phi) is 5.66. The number of hydrogen-bond donors (Lipinski definition) is 0.